The molecule has 1 N–H and O–H groups in total. The molecule has 2 aliphatic heterocycles. The van der Waals surface area contributed by atoms with Crippen molar-refractivity contribution >= 4 is 15.9 Å². The second-order valence-electron chi connectivity index (χ2n) is 8.88. The van der Waals surface area contributed by atoms with Crippen LogP contribution in [-0.2, 0) is 10.0 Å². The summed E-state index contributed by atoms with van der Waals surface area (Å²) in [5.74, 6) is -0.164. The van der Waals surface area contributed by atoms with Gasteiger partial charge in [-0.3, -0.25) is 4.79 Å². The number of benzene rings is 1. The van der Waals surface area contributed by atoms with E-state index < -0.39 is 10.0 Å². The fourth-order valence-electron chi connectivity index (χ4n) is 4.52. The van der Waals surface area contributed by atoms with Gasteiger partial charge in [0.25, 0.3) is 5.91 Å². The van der Waals surface area contributed by atoms with E-state index in [2.05, 4.69) is 17.1 Å². The van der Waals surface area contributed by atoms with Crippen LogP contribution < -0.4 is 5.32 Å². The van der Waals surface area contributed by atoms with Crippen molar-refractivity contribution in [2.75, 3.05) is 26.2 Å². The standard InChI is InChI=1S/C23H37N3O3S/c1-4-5-13-25-15-11-20(12-16-25)24-23(27)22-17-21(10-9-18(22)2)30(28,29)26-14-7-6-8-19(26)3/h9-10,17,19-20H,4-8,11-16H2,1-3H3,(H,24,27). The highest BCUT2D eigenvalue weighted by atomic mass is 32.2. The summed E-state index contributed by atoms with van der Waals surface area (Å²) >= 11 is 0. The second kappa shape index (κ2) is 10.2. The van der Waals surface area contributed by atoms with Gasteiger partial charge in [-0.15, -0.1) is 0 Å². The minimum absolute atomic E-state index is 0.000206. The lowest BCUT2D eigenvalue weighted by Crippen LogP contribution is -2.45. The van der Waals surface area contributed by atoms with Crippen molar-refractivity contribution in [1.29, 1.82) is 0 Å². The number of hydrogen-bond acceptors (Lipinski definition) is 4. The van der Waals surface area contributed by atoms with Gasteiger partial charge in [0.15, 0.2) is 0 Å². The second-order valence-corrected chi connectivity index (χ2v) is 10.8. The number of aryl methyl sites for hydroxylation is 1. The summed E-state index contributed by atoms with van der Waals surface area (Å²) in [5.41, 5.74) is 1.27. The molecule has 0 aliphatic carbocycles. The summed E-state index contributed by atoms with van der Waals surface area (Å²) in [4.78, 5) is 15.7. The Balaban J connectivity index is 1.68. The molecule has 2 heterocycles. The quantitative estimate of drug-likeness (QED) is 0.711. The average Bonchev–Trinajstić information content (AvgIpc) is 2.73. The maximum atomic E-state index is 13.2. The Kier molecular flexibility index (Phi) is 7.93. The number of amides is 1. The van der Waals surface area contributed by atoms with Crippen molar-refractivity contribution in [2.24, 2.45) is 0 Å². The first kappa shape index (κ1) is 23.2. The molecule has 1 aromatic rings. The average molecular weight is 436 g/mol. The van der Waals surface area contributed by atoms with Gasteiger partial charge < -0.3 is 10.2 Å². The number of sulfonamides is 1. The Bertz CT molecular complexity index is 832. The zero-order valence-corrected chi connectivity index (χ0v) is 19.5. The Hall–Kier alpha value is -1.44. The number of carbonyl (C=O) groups excluding carboxylic acids is 1. The molecule has 3 rings (SSSR count). The maximum absolute atomic E-state index is 13.2. The predicted octanol–water partition coefficient (Wildman–Crippen LogP) is 3.55. The molecule has 6 nitrogen and oxygen atoms in total. The summed E-state index contributed by atoms with van der Waals surface area (Å²) in [7, 11) is -3.59. The number of piperidine rings is 2. The molecular formula is C23H37N3O3S. The van der Waals surface area contributed by atoms with Gasteiger partial charge in [-0.05, 0) is 70.2 Å². The molecular weight excluding hydrogens is 398 g/mol. The third-order valence-electron chi connectivity index (χ3n) is 6.55. The van der Waals surface area contributed by atoms with Crippen molar-refractivity contribution in [3.63, 3.8) is 0 Å². The molecule has 2 saturated heterocycles. The third kappa shape index (κ3) is 5.42. The van der Waals surface area contributed by atoms with Gasteiger partial charge >= 0.3 is 0 Å². The highest BCUT2D eigenvalue weighted by Gasteiger charge is 2.31. The predicted molar refractivity (Wildman–Crippen MR) is 120 cm³/mol. The lowest BCUT2D eigenvalue weighted by atomic mass is 10.0. The Morgan fingerprint density at radius 1 is 1.13 bits per heavy atom. The third-order valence-corrected chi connectivity index (χ3v) is 8.56. The maximum Gasteiger partial charge on any atom is 0.251 e. The largest absolute Gasteiger partial charge is 0.349 e. The fourth-order valence-corrected chi connectivity index (χ4v) is 6.24. The van der Waals surface area contributed by atoms with Crippen molar-refractivity contribution in [1.82, 2.24) is 14.5 Å². The van der Waals surface area contributed by atoms with Gasteiger partial charge in [0.05, 0.1) is 4.90 Å². The molecule has 168 valence electrons. The topological polar surface area (TPSA) is 69.7 Å². The molecule has 1 atom stereocenters. The van der Waals surface area contributed by atoms with E-state index in [1.165, 1.54) is 12.8 Å². The van der Waals surface area contributed by atoms with Crippen LogP contribution in [0.5, 0.6) is 0 Å². The first-order valence-electron chi connectivity index (χ1n) is 11.5. The molecule has 1 aromatic carbocycles. The Morgan fingerprint density at radius 3 is 2.53 bits per heavy atom. The number of likely N-dealkylation sites (tertiary alicyclic amines) is 1. The zero-order chi connectivity index (χ0) is 21.7. The van der Waals surface area contributed by atoms with Crippen LogP contribution in [0.3, 0.4) is 0 Å². The van der Waals surface area contributed by atoms with Crippen LogP contribution in [0.15, 0.2) is 23.1 Å². The van der Waals surface area contributed by atoms with Crippen LogP contribution in [0, 0.1) is 6.92 Å². The van der Waals surface area contributed by atoms with Crippen LogP contribution in [0.25, 0.3) is 0 Å². The molecule has 30 heavy (non-hydrogen) atoms. The highest BCUT2D eigenvalue weighted by Crippen LogP contribution is 2.26. The first-order chi connectivity index (χ1) is 14.3. The molecule has 1 unspecified atom stereocenters. The Morgan fingerprint density at radius 2 is 1.87 bits per heavy atom. The molecule has 0 saturated carbocycles. The number of hydrogen-bond donors (Lipinski definition) is 1. The van der Waals surface area contributed by atoms with Crippen molar-refractivity contribution < 1.29 is 13.2 Å². The molecule has 0 aromatic heterocycles. The summed E-state index contributed by atoms with van der Waals surface area (Å²) < 4.78 is 28.0. The van der Waals surface area contributed by atoms with Crippen LogP contribution in [-0.4, -0.2) is 61.8 Å². The minimum Gasteiger partial charge on any atom is -0.349 e. The molecule has 0 bridgehead atoms. The molecule has 2 aliphatic rings. The van der Waals surface area contributed by atoms with Gasteiger partial charge in [0.2, 0.25) is 10.0 Å². The van der Waals surface area contributed by atoms with Gasteiger partial charge in [-0.25, -0.2) is 8.42 Å². The van der Waals surface area contributed by atoms with Crippen LogP contribution >= 0.6 is 0 Å². The van der Waals surface area contributed by atoms with E-state index in [1.54, 1.807) is 22.5 Å². The molecule has 0 radical (unpaired) electrons. The van der Waals surface area contributed by atoms with Crippen molar-refractivity contribution in [3.05, 3.63) is 29.3 Å². The summed E-state index contributed by atoms with van der Waals surface area (Å²) in [6.07, 6.45) is 7.13. The van der Waals surface area contributed by atoms with Crippen LogP contribution in [0.1, 0.15) is 74.7 Å². The lowest BCUT2D eigenvalue weighted by molar-refractivity contribution is 0.0910. The number of nitrogens with zero attached hydrogens (tertiary/aromatic N) is 2. The number of rotatable bonds is 7. The van der Waals surface area contributed by atoms with Crippen LogP contribution in [0.2, 0.25) is 0 Å². The van der Waals surface area contributed by atoms with E-state index in [1.807, 2.05) is 13.8 Å². The van der Waals surface area contributed by atoms with Crippen molar-refractivity contribution in [2.45, 2.75) is 82.7 Å². The Labute approximate surface area is 182 Å². The smallest absolute Gasteiger partial charge is 0.251 e. The molecule has 2 fully saturated rings. The highest BCUT2D eigenvalue weighted by molar-refractivity contribution is 7.89. The fraction of sp³-hybridized carbons (Fsp3) is 0.696. The van der Waals surface area contributed by atoms with Gasteiger partial charge in [0, 0.05) is 37.3 Å². The van der Waals surface area contributed by atoms with Gasteiger partial charge in [-0.1, -0.05) is 25.8 Å². The van der Waals surface area contributed by atoms with Gasteiger partial charge in [-0.2, -0.15) is 4.31 Å². The van der Waals surface area contributed by atoms with E-state index in [0.717, 1.165) is 57.3 Å². The molecule has 0 spiro atoms. The zero-order valence-electron chi connectivity index (χ0n) is 18.7. The summed E-state index contributed by atoms with van der Waals surface area (Å²) in [5, 5.41) is 3.15. The van der Waals surface area contributed by atoms with E-state index >= 15 is 0 Å². The summed E-state index contributed by atoms with van der Waals surface area (Å²) in [6.45, 7) is 9.72. The lowest BCUT2D eigenvalue weighted by Gasteiger charge is -2.33. The number of unbranched alkanes of at least 4 members (excludes halogenated alkanes) is 1. The van der Waals surface area contributed by atoms with E-state index in [9.17, 15) is 13.2 Å². The monoisotopic (exact) mass is 435 g/mol. The van der Waals surface area contributed by atoms with E-state index in [-0.39, 0.29) is 22.9 Å². The SMILES string of the molecule is CCCCN1CCC(NC(=O)c2cc(S(=O)(=O)N3CCCCC3C)ccc2C)CC1. The van der Waals surface area contributed by atoms with Crippen molar-refractivity contribution in [3.8, 4) is 0 Å². The molecule has 7 heteroatoms. The minimum atomic E-state index is -3.59. The first-order valence-corrected chi connectivity index (χ1v) is 12.9. The summed E-state index contributed by atoms with van der Waals surface area (Å²) in [6, 6.07) is 5.11. The van der Waals surface area contributed by atoms with E-state index in [0.29, 0.717) is 12.1 Å². The normalized spacial score (nSPS) is 22.2. The number of carbonyl (C=O) groups is 1. The van der Waals surface area contributed by atoms with E-state index in [4.69, 9.17) is 0 Å². The van der Waals surface area contributed by atoms with Crippen LogP contribution in [0.4, 0.5) is 0 Å². The number of nitrogens with one attached hydrogen (secondary N) is 1. The molecule has 1 amide bonds. The van der Waals surface area contributed by atoms with Gasteiger partial charge in [0.1, 0.15) is 0 Å².